The molecule has 8 heteroatoms. The smallest absolute Gasteiger partial charge is 0.267 e. The number of rotatable bonds is 7. The van der Waals surface area contributed by atoms with E-state index in [1.807, 2.05) is 66.1 Å². The van der Waals surface area contributed by atoms with E-state index in [0.29, 0.717) is 30.2 Å². The fourth-order valence-electron chi connectivity index (χ4n) is 4.55. The molecule has 5 rings (SSSR count). The van der Waals surface area contributed by atoms with Gasteiger partial charge in [0.2, 0.25) is 5.95 Å². The monoisotopic (exact) mass is 481 g/mol. The minimum absolute atomic E-state index is 0.227. The van der Waals surface area contributed by atoms with Crippen LogP contribution in [-0.4, -0.2) is 29.5 Å². The van der Waals surface area contributed by atoms with E-state index in [1.54, 1.807) is 24.3 Å². The zero-order valence-electron chi connectivity index (χ0n) is 19.8. The Hall–Kier alpha value is -4.27. The molecule has 182 valence electrons. The number of aromatic nitrogens is 4. The van der Waals surface area contributed by atoms with E-state index in [2.05, 4.69) is 4.98 Å². The molecular formula is C28H27N5O3. The zero-order chi connectivity index (χ0) is 25.2. The minimum atomic E-state index is -1.58. The van der Waals surface area contributed by atoms with Crippen molar-refractivity contribution in [2.24, 2.45) is 0 Å². The lowest BCUT2D eigenvalue weighted by Gasteiger charge is -2.19. The number of benzene rings is 3. The topological polar surface area (TPSA) is 119 Å². The molecular weight excluding hydrogens is 454 g/mol. The molecule has 2 aromatic heterocycles. The Balaban J connectivity index is 1.50. The first-order valence-corrected chi connectivity index (χ1v) is 11.8. The third-order valence-electron chi connectivity index (χ3n) is 6.35. The summed E-state index contributed by atoms with van der Waals surface area (Å²) in [7, 11) is 0. The maximum absolute atomic E-state index is 12.8. The van der Waals surface area contributed by atoms with Crippen LogP contribution in [0.3, 0.4) is 0 Å². The molecule has 0 aliphatic carbocycles. The van der Waals surface area contributed by atoms with Gasteiger partial charge in [-0.3, -0.25) is 4.79 Å². The van der Waals surface area contributed by atoms with E-state index in [1.165, 1.54) is 10.7 Å². The standard InChI is InChI=1S/C28H27N5O3/c1-2-24(20-9-6-10-21(16-20)27(35)36)33-26(34)14-13-22(31-33)19-8-5-7-18(15-19)17-32-25-12-4-3-11-23(25)30-28(32)29/h3-16,24,27,35-36H,2,17H2,1H3,(H2,29,30). The molecule has 0 amide bonds. The van der Waals surface area contributed by atoms with Gasteiger partial charge in [-0.05, 0) is 47.9 Å². The molecule has 0 bridgehead atoms. The van der Waals surface area contributed by atoms with E-state index >= 15 is 0 Å². The lowest BCUT2D eigenvalue weighted by atomic mass is 10.0. The molecule has 0 aliphatic rings. The summed E-state index contributed by atoms with van der Waals surface area (Å²) in [5.41, 5.74) is 11.5. The average Bonchev–Trinajstić information content (AvgIpc) is 3.20. The van der Waals surface area contributed by atoms with Gasteiger partial charge in [0, 0.05) is 17.2 Å². The molecule has 0 radical (unpaired) electrons. The van der Waals surface area contributed by atoms with Gasteiger partial charge in [0.15, 0.2) is 6.29 Å². The third kappa shape index (κ3) is 4.51. The van der Waals surface area contributed by atoms with Crippen molar-refractivity contribution in [2.45, 2.75) is 32.2 Å². The number of nitrogens with two attached hydrogens (primary N) is 1. The first kappa shape index (κ1) is 23.5. The maximum atomic E-state index is 12.8. The Morgan fingerprint density at radius 3 is 2.50 bits per heavy atom. The number of nitrogens with zero attached hydrogens (tertiary/aromatic N) is 4. The van der Waals surface area contributed by atoms with Crippen molar-refractivity contribution in [3.63, 3.8) is 0 Å². The van der Waals surface area contributed by atoms with E-state index in [0.717, 1.165) is 27.7 Å². The van der Waals surface area contributed by atoms with Gasteiger partial charge in [-0.25, -0.2) is 9.67 Å². The van der Waals surface area contributed by atoms with Crippen LogP contribution < -0.4 is 11.3 Å². The number of imidazole rings is 1. The molecule has 0 spiro atoms. The molecule has 0 saturated carbocycles. The lowest BCUT2D eigenvalue weighted by Crippen LogP contribution is -2.27. The predicted molar refractivity (Wildman–Crippen MR) is 139 cm³/mol. The van der Waals surface area contributed by atoms with Crippen LogP contribution in [0.4, 0.5) is 5.95 Å². The second-order valence-corrected chi connectivity index (χ2v) is 8.71. The molecule has 0 fully saturated rings. The summed E-state index contributed by atoms with van der Waals surface area (Å²) in [6.45, 7) is 2.52. The van der Waals surface area contributed by atoms with Crippen molar-refractivity contribution < 1.29 is 10.2 Å². The summed E-state index contributed by atoms with van der Waals surface area (Å²) in [6, 6.07) is 25.6. The largest absolute Gasteiger partial charge is 0.369 e. The van der Waals surface area contributed by atoms with Crippen LogP contribution in [0.15, 0.2) is 89.7 Å². The van der Waals surface area contributed by atoms with Gasteiger partial charge in [0.25, 0.3) is 5.56 Å². The molecule has 5 aromatic rings. The van der Waals surface area contributed by atoms with E-state index in [-0.39, 0.29) is 11.6 Å². The first-order chi connectivity index (χ1) is 17.4. The van der Waals surface area contributed by atoms with Gasteiger partial charge >= 0.3 is 0 Å². The number of para-hydroxylation sites is 2. The van der Waals surface area contributed by atoms with Gasteiger partial charge in [0.05, 0.1) is 29.3 Å². The fourth-order valence-corrected chi connectivity index (χ4v) is 4.55. The summed E-state index contributed by atoms with van der Waals surface area (Å²) in [4.78, 5) is 17.3. The van der Waals surface area contributed by atoms with Crippen LogP contribution in [-0.2, 0) is 6.54 Å². The number of aliphatic hydroxyl groups is 2. The Morgan fingerprint density at radius 1 is 0.917 bits per heavy atom. The molecule has 0 saturated heterocycles. The summed E-state index contributed by atoms with van der Waals surface area (Å²) >= 11 is 0. The van der Waals surface area contributed by atoms with Crippen LogP contribution in [0, 0.1) is 0 Å². The summed E-state index contributed by atoms with van der Waals surface area (Å²) in [5.74, 6) is 0.453. The second-order valence-electron chi connectivity index (χ2n) is 8.71. The Labute approximate surface area is 207 Å². The summed E-state index contributed by atoms with van der Waals surface area (Å²) < 4.78 is 3.44. The van der Waals surface area contributed by atoms with E-state index in [9.17, 15) is 15.0 Å². The number of hydrogen-bond acceptors (Lipinski definition) is 6. The van der Waals surface area contributed by atoms with Crippen LogP contribution in [0.1, 0.15) is 42.4 Å². The van der Waals surface area contributed by atoms with Crippen molar-refractivity contribution in [3.05, 3.63) is 112 Å². The Kier molecular flexibility index (Phi) is 6.37. The summed E-state index contributed by atoms with van der Waals surface area (Å²) in [5, 5.41) is 23.8. The normalized spacial score (nSPS) is 12.3. The van der Waals surface area contributed by atoms with Crippen LogP contribution in [0.5, 0.6) is 0 Å². The van der Waals surface area contributed by atoms with Gasteiger partial charge in [0.1, 0.15) is 0 Å². The molecule has 0 aliphatic heterocycles. The van der Waals surface area contributed by atoms with Crippen molar-refractivity contribution in [1.29, 1.82) is 0 Å². The van der Waals surface area contributed by atoms with Crippen LogP contribution in [0.2, 0.25) is 0 Å². The molecule has 2 heterocycles. The highest BCUT2D eigenvalue weighted by atomic mass is 16.5. The number of aliphatic hydroxyl groups excluding tert-OH is 1. The number of nitrogen functional groups attached to an aromatic ring is 1. The van der Waals surface area contributed by atoms with E-state index in [4.69, 9.17) is 10.8 Å². The zero-order valence-corrected chi connectivity index (χ0v) is 19.8. The minimum Gasteiger partial charge on any atom is -0.369 e. The van der Waals surface area contributed by atoms with Gasteiger partial charge in [-0.1, -0.05) is 55.5 Å². The van der Waals surface area contributed by atoms with Crippen molar-refractivity contribution >= 4 is 17.0 Å². The van der Waals surface area contributed by atoms with Crippen LogP contribution >= 0.6 is 0 Å². The number of hydrogen-bond donors (Lipinski definition) is 3. The van der Waals surface area contributed by atoms with Crippen molar-refractivity contribution in [3.8, 4) is 11.3 Å². The lowest BCUT2D eigenvalue weighted by molar-refractivity contribution is -0.0425. The molecule has 1 atom stereocenters. The molecule has 3 aromatic carbocycles. The molecule has 1 unspecified atom stereocenters. The van der Waals surface area contributed by atoms with Crippen molar-refractivity contribution in [2.75, 3.05) is 5.73 Å². The number of anilines is 1. The van der Waals surface area contributed by atoms with E-state index < -0.39 is 6.29 Å². The summed E-state index contributed by atoms with van der Waals surface area (Å²) in [6.07, 6.45) is -0.975. The average molecular weight is 482 g/mol. The molecule has 8 nitrogen and oxygen atoms in total. The first-order valence-electron chi connectivity index (χ1n) is 11.8. The fraction of sp³-hybridized carbons (Fsp3) is 0.179. The van der Waals surface area contributed by atoms with Crippen LogP contribution in [0.25, 0.3) is 22.3 Å². The highest BCUT2D eigenvalue weighted by Crippen LogP contribution is 2.25. The van der Waals surface area contributed by atoms with Crippen molar-refractivity contribution in [1.82, 2.24) is 19.3 Å². The molecule has 4 N–H and O–H groups in total. The third-order valence-corrected chi connectivity index (χ3v) is 6.35. The highest BCUT2D eigenvalue weighted by Gasteiger charge is 2.17. The number of fused-ring (bicyclic) bond motifs is 1. The Morgan fingerprint density at radius 2 is 1.69 bits per heavy atom. The second kappa shape index (κ2) is 9.77. The van der Waals surface area contributed by atoms with Gasteiger partial charge < -0.3 is 20.5 Å². The molecule has 36 heavy (non-hydrogen) atoms. The highest BCUT2D eigenvalue weighted by molar-refractivity contribution is 5.78. The van der Waals surface area contributed by atoms with Gasteiger partial charge in [-0.15, -0.1) is 0 Å². The predicted octanol–water partition coefficient (Wildman–Crippen LogP) is 3.87. The maximum Gasteiger partial charge on any atom is 0.267 e. The Bertz CT molecular complexity index is 1590. The quantitative estimate of drug-likeness (QED) is 0.304. The SMILES string of the molecule is CCC(c1cccc(C(O)O)c1)n1nc(-c2cccc(Cn3c(N)nc4ccccc43)c2)ccc1=O. The van der Waals surface area contributed by atoms with Gasteiger partial charge in [-0.2, -0.15) is 5.10 Å².